The number of imidazole rings is 1. The van der Waals surface area contributed by atoms with Crippen LogP contribution in [-0.2, 0) is 5.41 Å². The molecule has 3 heteroatoms. The van der Waals surface area contributed by atoms with Gasteiger partial charge >= 0.3 is 0 Å². The van der Waals surface area contributed by atoms with Gasteiger partial charge in [-0.2, -0.15) is 0 Å². The Morgan fingerprint density at radius 1 is 1.24 bits per heavy atom. The van der Waals surface area contributed by atoms with Gasteiger partial charge in [-0.05, 0) is 31.4 Å². The molecule has 1 aliphatic carbocycles. The number of pyridine rings is 1. The van der Waals surface area contributed by atoms with Crippen molar-refractivity contribution < 1.29 is 0 Å². The standard InChI is InChI=1S/C14H19N3/c1-10-8-11-12(15-9-10)17-13(16-11)14(2)6-4-3-5-7-14/h8-9H,3-7H2,1-2H3,(H,15,16,17). The van der Waals surface area contributed by atoms with Gasteiger partial charge in [-0.1, -0.05) is 26.2 Å². The molecule has 1 fully saturated rings. The largest absolute Gasteiger partial charge is 0.340 e. The number of fused-ring (bicyclic) bond motifs is 1. The topological polar surface area (TPSA) is 41.6 Å². The molecular formula is C14H19N3. The summed E-state index contributed by atoms with van der Waals surface area (Å²) in [6.07, 6.45) is 8.38. The second-order valence-electron chi connectivity index (χ2n) is 5.59. The lowest BCUT2D eigenvalue weighted by Crippen LogP contribution is -2.26. The van der Waals surface area contributed by atoms with Crippen molar-refractivity contribution in [2.24, 2.45) is 0 Å². The fourth-order valence-corrected chi connectivity index (χ4v) is 2.86. The molecule has 3 rings (SSSR count). The molecule has 1 N–H and O–H groups in total. The monoisotopic (exact) mass is 229 g/mol. The van der Waals surface area contributed by atoms with E-state index < -0.39 is 0 Å². The summed E-state index contributed by atoms with van der Waals surface area (Å²) in [5, 5.41) is 0. The minimum absolute atomic E-state index is 0.229. The SMILES string of the molecule is Cc1cnc2nc(C3(C)CCCCC3)[nH]c2c1. The van der Waals surface area contributed by atoms with Gasteiger partial charge in [-0.25, -0.2) is 9.97 Å². The molecule has 3 nitrogen and oxygen atoms in total. The Kier molecular flexibility index (Phi) is 2.42. The average molecular weight is 229 g/mol. The van der Waals surface area contributed by atoms with Crippen LogP contribution in [0.25, 0.3) is 11.2 Å². The number of aryl methyl sites for hydroxylation is 1. The van der Waals surface area contributed by atoms with Crippen LogP contribution in [0.4, 0.5) is 0 Å². The molecule has 17 heavy (non-hydrogen) atoms. The van der Waals surface area contributed by atoms with E-state index in [1.54, 1.807) is 0 Å². The molecule has 0 amide bonds. The minimum Gasteiger partial charge on any atom is -0.340 e. The normalized spacial score (nSPS) is 19.6. The number of aromatic nitrogens is 3. The molecule has 2 aromatic heterocycles. The summed E-state index contributed by atoms with van der Waals surface area (Å²) in [5.41, 5.74) is 3.35. The van der Waals surface area contributed by atoms with E-state index in [-0.39, 0.29) is 5.41 Å². The molecule has 2 heterocycles. The number of nitrogens with zero attached hydrogens (tertiary/aromatic N) is 2. The molecule has 0 aliphatic heterocycles. The first kappa shape index (κ1) is 10.8. The zero-order chi connectivity index (χ0) is 11.9. The van der Waals surface area contributed by atoms with Gasteiger partial charge in [0, 0.05) is 11.6 Å². The Bertz CT molecular complexity index is 535. The van der Waals surface area contributed by atoms with Gasteiger partial charge in [0.05, 0.1) is 5.52 Å². The van der Waals surface area contributed by atoms with Gasteiger partial charge in [-0.3, -0.25) is 0 Å². The smallest absolute Gasteiger partial charge is 0.177 e. The number of aromatic amines is 1. The van der Waals surface area contributed by atoms with E-state index in [0.29, 0.717) is 0 Å². The fourth-order valence-electron chi connectivity index (χ4n) is 2.86. The van der Waals surface area contributed by atoms with Crippen LogP contribution in [0, 0.1) is 6.92 Å². The van der Waals surface area contributed by atoms with Gasteiger partial charge in [0.15, 0.2) is 5.65 Å². The number of hydrogen-bond acceptors (Lipinski definition) is 2. The maximum Gasteiger partial charge on any atom is 0.177 e. The van der Waals surface area contributed by atoms with Crippen LogP contribution < -0.4 is 0 Å². The van der Waals surface area contributed by atoms with E-state index in [2.05, 4.69) is 34.9 Å². The van der Waals surface area contributed by atoms with Gasteiger partial charge in [0.1, 0.15) is 5.82 Å². The third-order valence-electron chi connectivity index (χ3n) is 4.00. The summed E-state index contributed by atoms with van der Waals surface area (Å²) in [5.74, 6) is 1.13. The van der Waals surface area contributed by atoms with Gasteiger partial charge in [-0.15, -0.1) is 0 Å². The van der Waals surface area contributed by atoms with E-state index >= 15 is 0 Å². The number of rotatable bonds is 1. The summed E-state index contributed by atoms with van der Waals surface area (Å²) in [7, 11) is 0. The van der Waals surface area contributed by atoms with E-state index in [1.807, 2.05) is 6.20 Å². The lowest BCUT2D eigenvalue weighted by Gasteiger charge is -2.31. The van der Waals surface area contributed by atoms with Crippen LogP contribution >= 0.6 is 0 Å². The average Bonchev–Trinajstić information content (AvgIpc) is 2.73. The zero-order valence-electron chi connectivity index (χ0n) is 10.6. The zero-order valence-corrected chi connectivity index (χ0v) is 10.6. The van der Waals surface area contributed by atoms with Crippen LogP contribution in [0.3, 0.4) is 0 Å². The second-order valence-corrected chi connectivity index (χ2v) is 5.59. The number of H-pyrrole nitrogens is 1. The first-order valence-electron chi connectivity index (χ1n) is 6.50. The Balaban J connectivity index is 2.05. The summed E-state index contributed by atoms with van der Waals surface area (Å²) in [4.78, 5) is 12.5. The number of nitrogens with one attached hydrogen (secondary N) is 1. The van der Waals surface area contributed by atoms with Crippen molar-refractivity contribution in [2.45, 2.75) is 51.4 Å². The fraction of sp³-hybridized carbons (Fsp3) is 0.571. The van der Waals surface area contributed by atoms with Gasteiger partial charge in [0.25, 0.3) is 0 Å². The Labute approximate surface area is 102 Å². The van der Waals surface area contributed by atoms with Crippen molar-refractivity contribution in [1.29, 1.82) is 0 Å². The highest BCUT2D eigenvalue weighted by atomic mass is 15.0. The van der Waals surface area contributed by atoms with E-state index in [4.69, 9.17) is 0 Å². The maximum atomic E-state index is 4.68. The molecule has 0 atom stereocenters. The minimum atomic E-state index is 0.229. The van der Waals surface area contributed by atoms with Crippen molar-refractivity contribution in [1.82, 2.24) is 15.0 Å². The molecule has 0 saturated heterocycles. The van der Waals surface area contributed by atoms with Crippen LogP contribution in [0.1, 0.15) is 50.4 Å². The van der Waals surface area contributed by atoms with Crippen molar-refractivity contribution in [3.8, 4) is 0 Å². The lowest BCUT2D eigenvalue weighted by molar-refractivity contribution is 0.306. The van der Waals surface area contributed by atoms with Gasteiger partial charge < -0.3 is 4.98 Å². The molecular weight excluding hydrogens is 210 g/mol. The summed E-state index contributed by atoms with van der Waals surface area (Å²) >= 11 is 0. The highest BCUT2D eigenvalue weighted by Crippen LogP contribution is 2.37. The van der Waals surface area contributed by atoms with Crippen molar-refractivity contribution >= 4 is 11.2 Å². The van der Waals surface area contributed by atoms with Crippen LogP contribution in [0.2, 0.25) is 0 Å². The Morgan fingerprint density at radius 3 is 2.76 bits per heavy atom. The third-order valence-corrected chi connectivity index (χ3v) is 4.00. The predicted octanol–water partition coefficient (Wildman–Crippen LogP) is 3.49. The Hall–Kier alpha value is -1.38. The molecule has 0 radical (unpaired) electrons. The molecule has 0 unspecified atom stereocenters. The van der Waals surface area contributed by atoms with Crippen molar-refractivity contribution in [3.05, 3.63) is 23.7 Å². The van der Waals surface area contributed by atoms with E-state index in [9.17, 15) is 0 Å². The molecule has 0 aromatic carbocycles. The van der Waals surface area contributed by atoms with Crippen LogP contribution in [-0.4, -0.2) is 15.0 Å². The number of hydrogen-bond donors (Lipinski definition) is 1. The first-order chi connectivity index (χ1) is 8.17. The van der Waals surface area contributed by atoms with Crippen LogP contribution in [0.15, 0.2) is 12.3 Å². The first-order valence-corrected chi connectivity index (χ1v) is 6.50. The molecule has 0 bridgehead atoms. The summed E-state index contributed by atoms with van der Waals surface area (Å²) in [6, 6.07) is 2.13. The van der Waals surface area contributed by atoms with E-state index in [1.165, 1.54) is 37.7 Å². The molecule has 1 saturated carbocycles. The van der Waals surface area contributed by atoms with Crippen LogP contribution in [0.5, 0.6) is 0 Å². The maximum absolute atomic E-state index is 4.68. The summed E-state index contributed by atoms with van der Waals surface area (Å²) < 4.78 is 0. The van der Waals surface area contributed by atoms with E-state index in [0.717, 1.165) is 17.0 Å². The Morgan fingerprint density at radius 2 is 2.00 bits per heavy atom. The quantitative estimate of drug-likeness (QED) is 0.813. The van der Waals surface area contributed by atoms with Crippen molar-refractivity contribution in [3.63, 3.8) is 0 Å². The molecule has 2 aromatic rings. The second kappa shape index (κ2) is 3.83. The highest BCUT2D eigenvalue weighted by molar-refractivity contribution is 5.71. The lowest BCUT2D eigenvalue weighted by atomic mass is 9.75. The van der Waals surface area contributed by atoms with Gasteiger partial charge in [0.2, 0.25) is 0 Å². The summed E-state index contributed by atoms with van der Waals surface area (Å²) in [6.45, 7) is 4.39. The highest BCUT2D eigenvalue weighted by Gasteiger charge is 2.31. The molecule has 0 spiro atoms. The predicted molar refractivity (Wildman–Crippen MR) is 69.1 cm³/mol. The van der Waals surface area contributed by atoms with Crippen molar-refractivity contribution in [2.75, 3.05) is 0 Å². The third kappa shape index (κ3) is 1.84. The molecule has 1 aliphatic rings. The molecule has 90 valence electrons.